The molecular formula is C11H20N2. The van der Waals surface area contributed by atoms with Crippen molar-refractivity contribution in [2.75, 3.05) is 13.6 Å². The molecule has 1 rings (SSSR count). The summed E-state index contributed by atoms with van der Waals surface area (Å²) in [5, 5.41) is 8.57. The zero-order valence-corrected chi connectivity index (χ0v) is 8.79. The van der Waals surface area contributed by atoms with Crippen molar-refractivity contribution in [2.24, 2.45) is 5.92 Å². The first-order valence-corrected chi connectivity index (χ1v) is 5.35. The van der Waals surface area contributed by atoms with Crippen molar-refractivity contribution in [2.45, 2.75) is 45.1 Å². The summed E-state index contributed by atoms with van der Waals surface area (Å²) in [6, 6.07) is 2.88. The van der Waals surface area contributed by atoms with Gasteiger partial charge in [0.05, 0.1) is 12.6 Å². The molecule has 0 unspecified atom stereocenters. The van der Waals surface area contributed by atoms with Crippen LogP contribution in [0, 0.1) is 17.2 Å². The summed E-state index contributed by atoms with van der Waals surface area (Å²) >= 11 is 0. The van der Waals surface area contributed by atoms with E-state index in [0.717, 1.165) is 5.92 Å². The lowest BCUT2D eigenvalue weighted by Crippen LogP contribution is -2.35. The molecule has 0 bridgehead atoms. The highest BCUT2D eigenvalue weighted by atomic mass is 15.1. The van der Waals surface area contributed by atoms with Crippen LogP contribution in [0.2, 0.25) is 0 Å². The van der Waals surface area contributed by atoms with Crippen molar-refractivity contribution in [3.8, 4) is 6.07 Å². The zero-order chi connectivity index (χ0) is 9.68. The van der Waals surface area contributed by atoms with Gasteiger partial charge in [-0.15, -0.1) is 0 Å². The van der Waals surface area contributed by atoms with Gasteiger partial charge in [0.2, 0.25) is 0 Å². The monoisotopic (exact) mass is 180 g/mol. The van der Waals surface area contributed by atoms with E-state index in [1.54, 1.807) is 0 Å². The topological polar surface area (TPSA) is 27.0 Å². The molecule has 1 fully saturated rings. The molecule has 1 saturated carbocycles. The van der Waals surface area contributed by atoms with Crippen LogP contribution in [0.15, 0.2) is 0 Å². The van der Waals surface area contributed by atoms with Gasteiger partial charge in [-0.05, 0) is 38.6 Å². The molecule has 0 aromatic carbocycles. The fraction of sp³-hybridized carbons (Fsp3) is 0.909. The first kappa shape index (κ1) is 10.5. The van der Waals surface area contributed by atoms with Crippen LogP contribution in [0.4, 0.5) is 0 Å². The molecule has 1 aliphatic rings. The number of nitrogens with zero attached hydrogens (tertiary/aromatic N) is 2. The minimum atomic E-state index is 0.585. The third kappa shape index (κ3) is 3.00. The van der Waals surface area contributed by atoms with Gasteiger partial charge in [-0.2, -0.15) is 5.26 Å². The molecule has 0 amide bonds. The average Bonchev–Trinajstić information content (AvgIpc) is 2.18. The third-order valence-corrected chi connectivity index (χ3v) is 3.34. The van der Waals surface area contributed by atoms with E-state index in [-0.39, 0.29) is 0 Å². The average molecular weight is 180 g/mol. The number of hydrogen-bond donors (Lipinski definition) is 0. The second-order valence-corrected chi connectivity index (χ2v) is 4.16. The summed E-state index contributed by atoms with van der Waals surface area (Å²) in [5.74, 6) is 0.951. The maximum absolute atomic E-state index is 8.57. The highest BCUT2D eigenvalue weighted by Gasteiger charge is 2.22. The lowest BCUT2D eigenvalue weighted by molar-refractivity contribution is 0.178. The molecule has 2 heteroatoms. The Hall–Kier alpha value is -0.550. The lowest BCUT2D eigenvalue weighted by Gasteiger charge is -2.33. The largest absolute Gasteiger partial charge is 0.291 e. The Morgan fingerprint density at radius 1 is 1.31 bits per heavy atom. The Balaban J connectivity index is 2.28. The Morgan fingerprint density at radius 3 is 2.38 bits per heavy atom. The van der Waals surface area contributed by atoms with Crippen LogP contribution in [-0.4, -0.2) is 24.5 Å². The molecule has 13 heavy (non-hydrogen) atoms. The quantitative estimate of drug-likeness (QED) is 0.624. The van der Waals surface area contributed by atoms with Gasteiger partial charge >= 0.3 is 0 Å². The summed E-state index contributed by atoms with van der Waals surface area (Å²) < 4.78 is 0. The Bertz CT molecular complexity index is 175. The minimum absolute atomic E-state index is 0.585. The van der Waals surface area contributed by atoms with Crippen LogP contribution in [0.1, 0.15) is 39.0 Å². The molecule has 2 nitrogen and oxygen atoms in total. The van der Waals surface area contributed by atoms with E-state index in [1.165, 1.54) is 32.1 Å². The summed E-state index contributed by atoms with van der Waals surface area (Å²) in [6.07, 6.45) is 6.62. The van der Waals surface area contributed by atoms with Crippen LogP contribution < -0.4 is 0 Å². The Kier molecular flexibility index (Phi) is 4.24. The van der Waals surface area contributed by atoms with E-state index in [1.807, 2.05) is 0 Å². The van der Waals surface area contributed by atoms with Crippen LogP contribution in [0.25, 0.3) is 0 Å². The summed E-state index contributed by atoms with van der Waals surface area (Å²) in [5.41, 5.74) is 0. The van der Waals surface area contributed by atoms with Crippen LogP contribution in [0.3, 0.4) is 0 Å². The van der Waals surface area contributed by atoms with Gasteiger partial charge in [0.1, 0.15) is 0 Å². The first-order chi connectivity index (χ1) is 6.27. The van der Waals surface area contributed by atoms with Crippen molar-refractivity contribution >= 4 is 0 Å². The van der Waals surface area contributed by atoms with Crippen molar-refractivity contribution < 1.29 is 0 Å². The molecule has 0 spiro atoms. The Labute approximate surface area is 81.5 Å². The predicted octanol–water partition coefficient (Wildman–Crippen LogP) is 2.41. The summed E-state index contributed by atoms with van der Waals surface area (Å²) in [7, 11) is 2.07. The molecule has 0 aliphatic heterocycles. The highest BCUT2D eigenvalue weighted by Crippen LogP contribution is 2.28. The van der Waals surface area contributed by atoms with Gasteiger partial charge < -0.3 is 0 Å². The van der Waals surface area contributed by atoms with Gasteiger partial charge in [0.25, 0.3) is 0 Å². The van der Waals surface area contributed by atoms with E-state index in [2.05, 4.69) is 24.9 Å². The Morgan fingerprint density at radius 2 is 1.92 bits per heavy atom. The summed E-state index contributed by atoms with van der Waals surface area (Å²) in [6.45, 7) is 2.87. The van der Waals surface area contributed by atoms with Crippen LogP contribution in [-0.2, 0) is 0 Å². The second-order valence-electron chi connectivity index (χ2n) is 4.16. The van der Waals surface area contributed by atoms with Gasteiger partial charge in [0.15, 0.2) is 0 Å². The molecular weight excluding hydrogens is 160 g/mol. The zero-order valence-electron chi connectivity index (χ0n) is 8.79. The minimum Gasteiger partial charge on any atom is -0.291 e. The van der Waals surface area contributed by atoms with Crippen molar-refractivity contribution in [1.82, 2.24) is 4.90 Å². The summed E-state index contributed by atoms with van der Waals surface area (Å²) in [4.78, 5) is 2.20. The van der Waals surface area contributed by atoms with Crippen LogP contribution in [0.5, 0.6) is 0 Å². The second kappa shape index (κ2) is 5.24. The van der Waals surface area contributed by atoms with E-state index < -0.39 is 0 Å². The maximum Gasteiger partial charge on any atom is 0.0865 e. The van der Waals surface area contributed by atoms with E-state index in [0.29, 0.717) is 12.6 Å². The molecule has 1 aliphatic carbocycles. The molecule has 0 saturated heterocycles. The molecule has 0 heterocycles. The predicted molar refractivity (Wildman–Crippen MR) is 54.3 cm³/mol. The standard InChI is InChI=1S/C11H20N2/c1-3-10-4-6-11(7-5-10)13(2)9-8-12/h10-11H,3-7,9H2,1-2H3. The van der Waals surface area contributed by atoms with Gasteiger partial charge in [-0.3, -0.25) is 4.90 Å². The lowest BCUT2D eigenvalue weighted by atomic mass is 9.84. The third-order valence-electron chi connectivity index (χ3n) is 3.34. The maximum atomic E-state index is 8.57. The SMILES string of the molecule is CCC1CCC(N(C)CC#N)CC1. The normalized spacial score (nSPS) is 28.8. The van der Waals surface area contributed by atoms with E-state index >= 15 is 0 Å². The molecule has 0 N–H and O–H groups in total. The smallest absolute Gasteiger partial charge is 0.0865 e. The van der Waals surface area contributed by atoms with Gasteiger partial charge in [-0.1, -0.05) is 13.3 Å². The molecule has 0 radical (unpaired) electrons. The van der Waals surface area contributed by atoms with Crippen molar-refractivity contribution in [3.63, 3.8) is 0 Å². The molecule has 0 aromatic rings. The fourth-order valence-electron chi connectivity index (χ4n) is 2.23. The fourth-order valence-corrected chi connectivity index (χ4v) is 2.23. The first-order valence-electron chi connectivity index (χ1n) is 5.35. The number of hydrogen-bond acceptors (Lipinski definition) is 2. The molecule has 0 atom stereocenters. The van der Waals surface area contributed by atoms with Gasteiger partial charge in [0, 0.05) is 6.04 Å². The van der Waals surface area contributed by atoms with Crippen LogP contribution >= 0.6 is 0 Å². The van der Waals surface area contributed by atoms with Crippen molar-refractivity contribution in [3.05, 3.63) is 0 Å². The van der Waals surface area contributed by atoms with Crippen molar-refractivity contribution in [1.29, 1.82) is 5.26 Å². The van der Waals surface area contributed by atoms with Gasteiger partial charge in [-0.25, -0.2) is 0 Å². The highest BCUT2D eigenvalue weighted by molar-refractivity contribution is 4.83. The number of nitriles is 1. The number of rotatable bonds is 3. The molecule has 74 valence electrons. The van der Waals surface area contributed by atoms with E-state index in [9.17, 15) is 0 Å². The van der Waals surface area contributed by atoms with E-state index in [4.69, 9.17) is 5.26 Å². The molecule has 0 aromatic heterocycles.